The minimum atomic E-state index is -0.784. The highest BCUT2D eigenvalue weighted by atomic mass is 35.5. The normalized spacial score (nSPS) is 11.6. The van der Waals surface area contributed by atoms with E-state index in [4.69, 9.17) is 16.3 Å². The van der Waals surface area contributed by atoms with Gasteiger partial charge in [-0.2, -0.15) is 0 Å². The predicted molar refractivity (Wildman–Crippen MR) is 107 cm³/mol. The van der Waals surface area contributed by atoms with Crippen LogP contribution < -0.4 is 10.1 Å². The van der Waals surface area contributed by atoms with Crippen LogP contribution in [0.1, 0.15) is 25.8 Å². The molecular weight excluding hydrogens is 383 g/mol. The quantitative estimate of drug-likeness (QED) is 0.689. The molecule has 0 saturated heterocycles. The molecular formula is C21H24ClFN2O3. The van der Waals surface area contributed by atoms with Crippen molar-refractivity contribution in [2.45, 2.75) is 32.9 Å². The van der Waals surface area contributed by atoms with Gasteiger partial charge in [-0.3, -0.25) is 9.59 Å². The van der Waals surface area contributed by atoms with Crippen LogP contribution in [0.4, 0.5) is 4.39 Å². The lowest BCUT2D eigenvalue weighted by atomic mass is 10.1. The summed E-state index contributed by atoms with van der Waals surface area (Å²) in [7, 11) is 0. The summed E-state index contributed by atoms with van der Waals surface area (Å²) >= 11 is 6.04. The molecule has 5 nitrogen and oxygen atoms in total. The van der Waals surface area contributed by atoms with E-state index in [1.165, 1.54) is 11.0 Å². The van der Waals surface area contributed by atoms with Crippen molar-refractivity contribution in [3.8, 4) is 5.75 Å². The van der Waals surface area contributed by atoms with E-state index >= 15 is 0 Å². The smallest absolute Gasteiger partial charge is 0.261 e. The zero-order valence-electron chi connectivity index (χ0n) is 16.0. The minimum absolute atomic E-state index is 0.0436. The first-order chi connectivity index (χ1) is 13.4. The number of rotatable bonds is 9. The first-order valence-electron chi connectivity index (χ1n) is 9.12. The summed E-state index contributed by atoms with van der Waals surface area (Å²) in [5.41, 5.74) is 0.323. The molecule has 150 valence electrons. The van der Waals surface area contributed by atoms with Gasteiger partial charge in [-0.05, 0) is 31.5 Å². The number of hydrogen-bond donors (Lipinski definition) is 1. The van der Waals surface area contributed by atoms with E-state index in [1.54, 1.807) is 49.4 Å². The molecule has 0 heterocycles. The third kappa shape index (κ3) is 5.96. The number of benzene rings is 2. The van der Waals surface area contributed by atoms with Crippen molar-refractivity contribution in [3.63, 3.8) is 0 Å². The lowest BCUT2D eigenvalue weighted by Crippen LogP contribution is -2.49. The highest BCUT2D eigenvalue weighted by Gasteiger charge is 2.27. The molecule has 0 unspecified atom stereocenters. The lowest BCUT2D eigenvalue weighted by Gasteiger charge is -2.29. The van der Waals surface area contributed by atoms with E-state index in [0.29, 0.717) is 22.9 Å². The van der Waals surface area contributed by atoms with Gasteiger partial charge in [0.25, 0.3) is 5.91 Å². The standard InChI is InChI=1S/C21H24ClFN2O3/c1-3-12-24-21(27)15(2)25(13-16-8-4-6-10-18(16)23)20(26)14-28-19-11-7-5-9-17(19)22/h4-11,15H,3,12-14H2,1-2H3,(H,24,27)/t15-/m1/s1. The number of hydrogen-bond acceptors (Lipinski definition) is 3. The van der Waals surface area contributed by atoms with Gasteiger partial charge in [-0.25, -0.2) is 4.39 Å². The second-order valence-corrected chi connectivity index (χ2v) is 6.71. The molecule has 0 bridgehead atoms. The second kappa shape index (κ2) is 10.7. The summed E-state index contributed by atoms with van der Waals surface area (Å²) in [4.78, 5) is 26.5. The van der Waals surface area contributed by atoms with E-state index in [-0.39, 0.29) is 19.1 Å². The average Bonchev–Trinajstić information content (AvgIpc) is 2.70. The molecule has 0 saturated carbocycles. The Labute approximate surface area is 169 Å². The number of nitrogens with one attached hydrogen (secondary N) is 1. The highest BCUT2D eigenvalue weighted by molar-refractivity contribution is 6.32. The molecule has 0 spiro atoms. The van der Waals surface area contributed by atoms with Gasteiger partial charge in [-0.15, -0.1) is 0 Å². The summed E-state index contributed by atoms with van der Waals surface area (Å²) in [5.74, 6) is -0.813. The minimum Gasteiger partial charge on any atom is -0.482 e. The van der Waals surface area contributed by atoms with E-state index in [9.17, 15) is 14.0 Å². The van der Waals surface area contributed by atoms with Gasteiger partial charge in [0, 0.05) is 18.7 Å². The van der Waals surface area contributed by atoms with Crippen molar-refractivity contribution in [3.05, 3.63) is 64.9 Å². The molecule has 7 heteroatoms. The Morgan fingerprint density at radius 3 is 2.54 bits per heavy atom. The molecule has 0 aliphatic heterocycles. The van der Waals surface area contributed by atoms with Crippen molar-refractivity contribution in [1.82, 2.24) is 10.2 Å². The molecule has 0 aliphatic rings. The molecule has 1 atom stereocenters. The number of para-hydroxylation sites is 1. The van der Waals surface area contributed by atoms with Crippen LogP contribution in [0.15, 0.2) is 48.5 Å². The molecule has 2 rings (SSSR count). The van der Waals surface area contributed by atoms with Crippen molar-refractivity contribution in [2.75, 3.05) is 13.2 Å². The topological polar surface area (TPSA) is 58.6 Å². The van der Waals surface area contributed by atoms with Crippen LogP contribution >= 0.6 is 11.6 Å². The van der Waals surface area contributed by atoms with Crippen LogP contribution in [0.25, 0.3) is 0 Å². The highest BCUT2D eigenvalue weighted by Crippen LogP contribution is 2.23. The molecule has 0 aromatic heterocycles. The number of halogens is 2. The monoisotopic (exact) mass is 406 g/mol. The van der Waals surface area contributed by atoms with E-state index in [0.717, 1.165) is 6.42 Å². The van der Waals surface area contributed by atoms with Crippen molar-refractivity contribution in [1.29, 1.82) is 0 Å². The maximum atomic E-state index is 14.1. The maximum Gasteiger partial charge on any atom is 0.261 e. The van der Waals surface area contributed by atoms with Crippen LogP contribution in [-0.4, -0.2) is 35.9 Å². The fourth-order valence-corrected chi connectivity index (χ4v) is 2.76. The second-order valence-electron chi connectivity index (χ2n) is 6.30. The number of carbonyl (C=O) groups is 2. The van der Waals surface area contributed by atoms with Gasteiger partial charge in [0.1, 0.15) is 17.6 Å². The first-order valence-corrected chi connectivity index (χ1v) is 9.49. The molecule has 2 amide bonds. The average molecular weight is 407 g/mol. The van der Waals surface area contributed by atoms with Crippen LogP contribution in [-0.2, 0) is 16.1 Å². The van der Waals surface area contributed by atoms with E-state index in [2.05, 4.69) is 5.32 Å². The Balaban J connectivity index is 2.16. The summed E-state index contributed by atoms with van der Waals surface area (Å²) in [6, 6.07) is 12.2. The maximum absolute atomic E-state index is 14.1. The van der Waals surface area contributed by atoms with Crippen molar-refractivity contribution >= 4 is 23.4 Å². The Kier molecular flexibility index (Phi) is 8.26. The molecule has 0 radical (unpaired) electrons. The van der Waals surface area contributed by atoms with Crippen molar-refractivity contribution < 1.29 is 18.7 Å². The number of ether oxygens (including phenoxy) is 1. The predicted octanol–water partition coefficient (Wildman–Crippen LogP) is 3.80. The van der Waals surface area contributed by atoms with Gasteiger partial charge in [0.05, 0.1) is 5.02 Å². The number of amides is 2. The summed E-state index contributed by atoms with van der Waals surface area (Å²) in [6.45, 7) is 3.69. The summed E-state index contributed by atoms with van der Waals surface area (Å²) in [6.07, 6.45) is 0.773. The van der Waals surface area contributed by atoms with Gasteiger partial charge >= 0.3 is 0 Å². The summed E-state index contributed by atoms with van der Waals surface area (Å²) in [5, 5.41) is 3.14. The Bertz CT molecular complexity index is 816. The molecule has 0 fully saturated rings. The zero-order valence-corrected chi connectivity index (χ0v) is 16.7. The first kappa shape index (κ1) is 21.7. The van der Waals surface area contributed by atoms with Crippen LogP contribution in [0.2, 0.25) is 5.02 Å². The molecule has 0 aliphatic carbocycles. The molecule has 2 aromatic rings. The van der Waals surface area contributed by atoms with Gasteiger partial charge in [0.2, 0.25) is 5.91 Å². The Morgan fingerprint density at radius 2 is 1.86 bits per heavy atom. The summed E-state index contributed by atoms with van der Waals surface area (Å²) < 4.78 is 19.6. The van der Waals surface area contributed by atoms with Gasteiger partial charge in [0.15, 0.2) is 6.61 Å². The third-order valence-corrected chi connectivity index (χ3v) is 4.52. The van der Waals surface area contributed by atoms with Crippen molar-refractivity contribution in [2.24, 2.45) is 0 Å². The van der Waals surface area contributed by atoms with E-state index in [1.807, 2.05) is 6.92 Å². The van der Waals surface area contributed by atoms with E-state index < -0.39 is 17.8 Å². The van der Waals surface area contributed by atoms with Gasteiger partial charge in [-0.1, -0.05) is 48.9 Å². The fraction of sp³-hybridized carbons (Fsp3) is 0.333. The van der Waals surface area contributed by atoms with Crippen LogP contribution in [0.3, 0.4) is 0 Å². The van der Waals surface area contributed by atoms with Crippen LogP contribution in [0.5, 0.6) is 5.75 Å². The molecule has 2 aromatic carbocycles. The molecule has 1 N–H and O–H groups in total. The SMILES string of the molecule is CCCNC(=O)[C@@H](C)N(Cc1ccccc1F)C(=O)COc1ccccc1Cl. The Hall–Kier alpha value is -2.60. The molecule has 28 heavy (non-hydrogen) atoms. The number of carbonyl (C=O) groups excluding carboxylic acids is 2. The zero-order chi connectivity index (χ0) is 20.5. The number of nitrogens with zero attached hydrogens (tertiary/aromatic N) is 1. The fourth-order valence-electron chi connectivity index (χ4n) is 2.57. The largest absolute Gasteiger partial charge is 0.482 e. The van der Waals surface area contributed by atoms with Crippen LogP contribution in [0, 0.1) is 5.82 Å². The lowest BCUT2D eigenvalue weighted by molar-refractivity contribution is -0.142. The third-order valence-electron chi connectivity index (χ3n) is 4.20. The van der Waals surface area contributed by atoms with Gasteiger partial charge < -0.3 is 15.0 Å². The Morgan fingerprint density at radius 1 is 1.18 bits per heavy atom.